The second kappa shape index (κ2) is 9.26. The van der Waals surface area contributed by atoms with Gasteiger partial charge in [-0.05, 0) is 49.6 Å². The summed E-state index contributed by atoms with van der Waals surface area (Å²) < 4.78 is 40.9. The van der Waals surface area contributed by atoms with Crippen LogP contribution in [-0.2, 0) is 14.8 Å². The third-order valence-corrected chi connectivity index (χ3v) is 6.86. The molecule has 1 aliphatic rings. The zero-order chi connectivity index (χ0) is 22.8. The fourth-order valence-electron chi connectivity index (χ4n) is 4.06. The summed E-state index contributed by atoms with van der Waals surface area (Å²) in [7, 11) is -3.69. The molecule has 1 aliphatic heterocycles. The molecule has 168 valence electrons. The lowest BCUT2D eigenvalue weighted by Gasteiger charge is -2.40. The number of aryl methyl sites for hydroxylation is 2. The number of piperazine rings is 1. The summed E-state index contributed by atoms with van der Waals surface area (Å²) in [6.07, 6.45) is 1.49. The molecule has 0 bridgehead atoms. The van der Waals surface area contributed by atoms with Gasteiger partial charge in [-0.15, -0.1) is 0 Å². The minimum absolute atomic E-state index is 0.220. The van der Waals surface area contributed by atoms with Crippen molar-refractivity contribution in [2.45, 2.75) is 33.2 Å². The Labute approximate surface area is 184 Å². The Balaban J connectivity index is 1.83. The lowest BCUT2D eigenvalue weighted by Crippen LogP contribution is -2.56. The van der Waals surface area contributed by atoms with Crippen LogP contribution in [0.25, 0.3) is 0 Å². The van der Waals surface area contributed by atoms with Crippen molar-refractivity contribution in [3.63, 3.8) is 0 Å². The third-order valence-electron chi connectivity index (χ3n) is 5.70. The number of nitrogens with zero attached hydrogens (tertiary/aromatic N) is 3. The van der Waals surface area contributed by atoms with Gasteiger partial charge in [-0.3, -0.25) is 9.10 Å². The number of carbonyl (C=O) groups is 1. The Hall–Kier alpha value is -2.61. The highest BCUT2D eigenvalue weighted by atomic mass is 32.2. The molecule has 1 saturated heterocycles. The minimum Gasteiger partial charge on any atom is -0.366 e. The number of hydrogen-bond donors (Lipinski definition) is 0. The van der Waals surface area contributed by atoms with Crippen LogP contribution >= 0.6 is 0 Å². The molecule has 8 heteroatoms. The first kappa shape index (κ1) is 23.1. The summed E-state index contributed by atoms with van der Waals surface area (Å²) in [5, 5.41) is 0. The SMILES string of the molecule is CC[C@H](C(=O)N1CCN(c2ccccc2F)CC1)N(c1cc(C)ccc1C)S(C)(=O)=O. The summed E-state index contributed by atoms with van der Waals surface area (Å²) in [5.41, 5.74) is 2.78. The van der Waals surface area contributed by atoms with Crippen molar-refractivity contribution in [1.29, 1.82) is 0 Å². The molecule has 0 unspecified atom stereocenters. The number of rotatable bonds is 6. The number of benzene rings is 2. The maximum Gasteiger partial charge on any atom is 0.246 e. The van der Waals surface area contributed by atoms with Gasteiger partial charge in [0.25, 0.3) is 0 Å². The van der Waals surface area contributed by atoms with E-state index in [0.717, 1.165) is 17.4 Å². The summed E-state index contributed by atoms with van der Waals surface area (Å²) in [4.78, 5) is 17.0. The molecule has 0 radical (unpaired) electrons. The highest BCUT2D eigenvalue weighted by Gasteiger charge is 2.36. The molecule has 1 amide bonds. The van der Waals surface area contributed by atoms with Crippen molar-refractivity contribution in [1.82, 2.24) is 4.90 Å². The van der Waals surface area contributed by atoms with E-state index in [-0.39, 0.29) is 11.7 Å². The molecule has 0 spiro atoms. The molecule has 0 aliphatic carbocycles. The fraction of sp³-hybridized carbons (Fsp3) is 0.435. The molecular weight excluding hydrogens is 417 g/mol. The number of para-hydroxylation sites is 1. The van der Waals surface area contributed by atoms with Crippen LogP contribution in [-0.4, -0.2) is 57.7 Å². The number of amides is 1. The van der Waals surface area contributed by atoms with Gasteiger partial charge in [0, 0.05) is 26.2 Å². The molecular formula is C23H30FN3O3S. The van der Waals surface area contributed by atoms with Gasteiger partial charge in [0.1, 0.15) is 11.9 Å². The van der Waals surface area contributed by atoms with Crippen LogP contribution in [0.1, 0.15) is 24.5 Å². The number of carbonyl (C=O) groups excluding carboxylic acids is 1. The average Bonchev–Trinajstić information content (AvgIpc) is 2.73. The molecule has 31 heavy (non-hydrogen) atoms. The highest BCUT2D eigenvalue weighted by Crippen LogP contribution is 2.29. The maximum atomic E-state index is 14.1. The van der Waals surface area contributed by atoms with Crippen molar-refractivity contribution in [3.8, 4) is 0 Å². The van der Waals surface area contributed by atoms with E-state index in [1.165, 1.54) is 10.4 Å². The molecule has 1 atom stereocenters. The van der Waals surface area contributed by atoms with Crippen LogP contribution in [0.4, 0.5) is 15.8 Å². The summed E-state index contributed by atoms with van der Waals surface area (Å²) in [6, 6.07) is 11.4. The largest absolute Gasteiger partial charge is 0.366 e. The fourth-order valence-corrected chi connectivity index (χ4v) is 5.32. The van der Waals surface area contributed by atoms with Crippen LogP contribution in [0, 0.1) is 19.7 Å². The van der Waals surface area contributed by atoms with E-state index in [1.807, 2.05) is 43.9 Å². The molecule has 1 heterocycles. The molecule has 2 aromatic rings. The van der Waals surface area contributed by atoms with Crippen molar-refractivity contribution in [2.24, 2.45) is 0 Å². The number of sulfonamides is 1. The predicted molar refractivity (Wildman–Crippen MR) is 123 cm³/mol. The Bertz CT molecular complexity index is 1050. The third kappa shape index (κ3) is 5.01. The van der Waals surface area contributed by atoms with Gasteiger partial charge in [-0.1, -0.05) is 31.2 Å². The Morgan fingerprint density at radius 2 is 1.74 bits per heavy atom. The zero-order valence-corrected chi connectivity index (χ0v) is 19.3. The van der Waals surface area contributed by atoms with Gasteiger partial charge in [0.2, 0.25) is 15.9 Å². The summed E-state index contributed by atoms with van der Waals surface area (Å²) in [5.74, 6) is -0.506. The van der Waals surface area contributed by atoms with Crippen molar-refractivity contribution in [2.75, 3.05) is 41.6 Å². The van der Waals surface area contributed by atoms with Crippen LogP contribution in [0.5, 0.6) is 0 Å². The Morgan fingerprint density at radius 1 is 1.10 bits per heavy atom. The number of hydrogen-bond acceptors (Lipinski definition) is 4. The van der Waals surface area contributed by atoms with Crippen molar-refractivity contribution in [3.05, 3.63) is 59.4 Å². The van der Waals surface area contributed by atoms with Crippen LogP contribution in [0.3, 0.4) is 0 Å². The van der Waals surface area contributed by atoms with Crippen molar-refractivity contribution >= 4 is 27.3 Å². The molecule has 0 N–H and O–H groups in total. The van der Waals surface area contributed by atoms with Crippen LogP contribution in [0.15, 0.2) is 42.5 Å². The molecule has 0 saturated carbocycles. The topological polar surface area (TPSA) is 60.9 Å². The lowest BCUT2D eigenvalue weighted by molar-refractivity contribution is -0.132. The van der Waals surface area contributed by atoms with E-state index in [1.54, 1.807) is 23.1 Å². The first-order valence-corrected chi connectivity index (χ1v) is 12.3. The van der Waals surface area contributed by atoms with E-state index in [9.17, 15) is 17.6 Å². The molecule has 3 rings (SSSR count). The molecule has 2 aromatic carbocycles. The second-order valence-corrected chi connectivity index (χ2v) is 9.90. The van der Waals surface area contributed by atoms with E-state index in [2.05, 4.69) is 0 Å². The summed E-state index contributed by atoms with van der Waals surface area (Å²) in [6.45, 7) is 7.37. The number of halogens is 1. The van der Waals surface area contributed by atoms with Gasteiger partial charge in [0.15, 0.2) is 0 Å². The van der Waals surface area contributed by atoms with Gasteiger partial charge in [0.05, 0.1) is 17.6 Å². The van der Waals surface area contributed by atoms with E-state index >= 15 is 0 Å². The Morgan fingerprint density at radius 3 is 2.32 bits per heavy atom. The van der Waals surface area contributed by atoms with E-state index in [0.29, 0.717) is 44.0 Å². The maximum absolute atomic E-state index is 14.1. The predicted octanol–water partition coefficient (Wildman–Crippen LogP) is 3.34. The van der Waals surface area contributed by atoms with Gasteiger partial charge < -0.3 is 9.80 Å². The van der Waals surface area contributed by atoms with Gasteiger partial charge >= 0.3 is 0 Å². The Kier molecular flexibility index (Phi) is 6.89. The van der Waals surface area contributed by atoms with Crippen LogP contribution < -0.4 is 9.21 Å². The smallest absolute Gasteiger partial charge is 0.246 e. The first-order valence-electron chi connectivity index (χ1n) is 10.5. The van der Waals surface area contributed by atoms with E-state index in [4.69, 9.17) is 0 Å². The lowest BCUT2D eigenvalue weighted by atomic mass is 10.1. The van der Waals surface area contributed by atoms with Gasteiger partial charge in [-0.25, -0.2) is 12.8 Å². The van der Waals surface area contributed by atoms with Crippen molar-refractivity contribution < 1.29 is 17.6 Å². The first-order chi connectivity index (χ1) is 14.6. The monoisotopic (exact) mass is 447 g/mol. The molecule has 0 aromatic heterocycles. The summed E-state index contributed by atoms with van der Waals surface area (Å²) >= 11 is 0. The zero-order valence-electron chi connectivity index (χ0n) is 18.5. The number of anilines is 2. The second-order valence-electron chi connectivity index (χ2n) is 8.04. The quantitative estimate of drug-likeness (QED) is 0.682. The molecule has 6 nitrogen and oxygen atoms in total. The van der Waals surface area contributed by atoms with Gasteiger partial charge in [-0.2, -0.15) is 0 Å². The highest BCUT2D eigenvalue weighted by molar-refractivity contribution is 7.92. The molecule has 1 fully saturated rings. The van der Waals surface area contributed by atoms with Crippen LogP contribution in [0.2, 0.25) is 0 Å². The minimum atomic E-state index is -3.69. The average molecular weight is 448 g/mol. The standard InChI is InChI=1S/C23H30FN3O3S/c1-5-20(27(31(4,29)30)22-16-17(2)10-11-18(22)3)23(28)26-14-12-25(13-15-26)21-9-7-6-8-19(21)24/h6-11,16,20H,5,12-15H2,1-4H3/t20-/m1/s1. The van der Waals surface area contributed by atoms with E-state index < -0.39 is 16.1 Å². The normalized spacial score (nSPS) is 15.6.